The van der Waals surface area contributed by atoms with Crippen LogP contribution in [0.4, 0.5) is 4.39 Å². The van der Waals surface area contributed by atoms with E-state index in [1.54, 1.807) is 41.9 Å². The Hall–Kier alpha value is -2.21. The van der Waals surface area contributed by atoms with Crippen LogP contribution in [-0.2, 0) is 16.1 Å². The van der Waals surface area contributed by atoms with Crippen LogP contribution in [0.3, 0.4) is 0 Å². The van der Waals surface area contributed by atoms with Crippen molar-refractivity contribution in [2.45, 2.75) is 32.9 Å². The third-order valence-electron chi connectivity index (χ3n) is 3.44. The first-order valence-electron chi connectivity index (χ1n) is 7.67. The minimum Gasteiger partial charge on any atom is -0.369 e. The largest absolute Gasteiger partial charge is 0.369 e. The molecular formula is C17H22FN3O2. The van der Waals surface area contributed by atoms with E-state index in [1.165, 1.54) is 12.1 Å². The molecule has 2 rings (SSSR count). The Kier molecular flexibility index (Phi) is 5.87. The van der Waals surface area contributed by atoms with Crippen molar-refractivity contribution >= 4 is 5.91 Å². The van der Waals surface area contributed by atoms with Crippen molar-refractivity contribution in [3.63, 3.8) is 0 Å². The molecule has 0 radical (unpaired) electrons. The zero-order chi connectivity index (χ0) is 16.8. The molecule has 0 aliphatic rings. The van der Waals surface area contributed by atoms with Crippen LogP contribution in [0.1, 0.15) is 25.8 Å². The van der Waals surface area contributed by atoms with Crippen LogP contribution in [0.15, 0.2) is 36.7 Å². The first kappa shape index (κ1) is 17.1. The van der Waals surface area contributed by atoms with Crippen molar-refractivity contribution in [3.8, 4) is 5.69 Å². The smallest absolute Gasteiger partial charge is 0.251 e. The molecule has 1 atom stereocenters. The molecule has 6 heteroatoms. The second-order valence-corrected chi connectivity index (χ2v) is 5.48. The lowest BCUT2D eigenvalue weighted by atomic mass is 10.3. The van der Waals surface area contributed by atoms with Crippen molar-refractivity contribution < 1.29 is 13.9 Å². The summed E-state index contributed by atoms with van der Waals surface area (Å²) in [4.78, 5) is 13.8. The molecule has 0 spiro atoms. The fourth-order valence-electron chi connectivity index (χ4n) is 2.20. The topological polar surface area (TPSA) is 47.4 Å². The molecule has 23 heavy (non-hydrogen) atoms. The van der Waals surface area contributed by atoms with Gasteiger partial charge in [0, 0.05) is 32.0 Å². The van der Waals surface area contributed by atoms with Gasteiger partial charge in [-0.15, -0.1) is 0 Å². The summed E-state index contributed by atoms with van der Waals surface area (Å²) >= 11 is 0. The van der Waals surface area contributed by atoms with Crippen LogP contribution >= 0.6 is 0 Å². The van der Waals surface area contributed by atoms with E-state index in [4.69, 9.17) is 4.74 Å². The van der Waals surface area contributed by atoms with Crippen molar-refractivity contribution in [1.29, 1.82) is 0 Å². The highest BCUT2D eigenvalue weighted by atomic mass is 19.1. The number of carbonyl (C=O) groups is 1. The highest BCUT2D eigenvalue weighted by Crippen LogP contribution is 2.11. The molecule has 0 bridgehead atoms. The second kappa shape index (κ2) is 7.87. The van der Waals surface area contributed by atoms with E-state index >= 15 is 0 Å². The first-order valence-corrected chi connectivity index (χ1v) is 7.67. The average molecular weight is 319 g/mol. The normalized spacial score (nSPS) is 12.2. The number of benzene rings is 1. The van der Waals surface area contributed by atoms with Crippen LogP contribution < -0.4 is 0 Å². The number of hydrogen-bond donors (Lipinski definition) is 0. The SMILES string of the molecule is CCCOC(C)C(=O)N(C)Cc1cnn(-c2ccc(F)cc2)c1. The zero-order valence-electron chi connectivity index (χ0n) is 13.7. The summed E-state index contributed by atoms with van der Waals surface area (Å²) in [6.07, 6.45) is 3.96. The number of likely N-dealkylation sites (N-methyl/N-ethyl adjacent to an activating group) is 1. The van der Waals surface area contributed by atoms with Crippen molar-refractivity contribution in [1.82, 2.24) is 14.7 Å². The van der Waals surface area contributed by atoms with Crippen molar-refractivity contribution in [2.24, 2.45) is 0 Å². The lowest BCUT2D eigenvalue weighted by Gasteiger charge is -2.20. The van der Waals surface area contributed by atoms with Crippen molar-refractivity contribution in [3.05, 3.63) is 48.0 Å². The fourth-order valence-corrected chi connectivity index (χ4v) is 2.20. The van der Waals surface area contributed by atoms with Gasteiger partial charge >= 0.3 is 0 Å². The molecule has 5 nitrogen and oxygen atoms in total. The molecule has 0 saturated heterocycles. The summed E-state index contributed by atoms with van der Waals surface area (Å²) in [5.74, 6) is -0.347. The number of nitrogens with zero attached hydrogens (tertiary/aromatic N) is 3. The maximum atomic E-state index is 12.9. The molecule has 124 valence electrons. The van der Waals surface area contributed by atoms with Gasteiger partial charge in [-0.25, -0.2) is 9.07 Å². The summed E-state index contributed by atoms with van der Waals surface area (Å²) < 4.78 is 20.1. The Morgan fingerprint density at radius 3 is 2.74 bits per heavy atom. The number of carbonyl (C=O) groups excluding carboxylic acids is 1. The summed E-state index contributed by atoms with van der Waals surface area (Å²) in [5, 5.41) is 4.25. The summed E-state index contributed by atoms with van der Waals surface area (Å²) in [6, 6.07) is 6.08. The van der Waals surface area contributed by atoms with E-state index in [2.05, 4.69) is 5.10 Å². The lowest BCUT2D eigenvalue weighted by molar-refractivity contribution is -0.141. The van der Waals surface area contributed by atoms with Crippen molar-refractivity contribution in [2.75, 3.05) is 13.7 Å². The van der Waals surface area contributed by atoms with Crippen LogP contribution in [0.25, 0.3) is 5.69 Å². The molecule has 1 amide bonds. The average Bonchev–Trinajstić information content (AvgIpc) is 3.00. The number of hydrogen-bond acceptors (Lipinski definition) is 3. The minimum atomic E-state index is -0.452. The van der Waals surface area contributed by atoms with Gasteiger partial charge in [0.2, 0.25) is 0 Å². The van der Waals surface area contributed by atoms with Gasteiger partial charge in [0.05, 0.1) is 11.9 Å². The van der Waals surface area contributed by atoms with Gasteiger partial charge in [-0.2, -0.15) is 5.10 Å². The van der Waals surface area contributed by atoms with E-state index in [-0.39, 0.29) is 11.7 Å². The molecule has 1 aromatic heterocycles. The minimum absolute atomic E-state index is 0.0621. The third kappa shape index (κ3) is 4.63. The molecule has 0 aliphatic heterocycles. The standard InChI is InChI=1S/C17H22FN3O2/c1-4-9-23-13(2)17(22)20(3)11-14-10-19-21(12-14)16-7-5-15(18)6-8-16/h5-8,10,12-13H,4,9,11H2,1-3H3. The molecule has 1 unspecified atom stereocenters. The molecule has 0 saturated carbocycles. The maximum absolute atomic E-state index is 12.9. The molecule has 0 N–H and O–H groups in total. The summed E-state index contributed by atoms with van der Waals surface area (Å²) in [7, 11) is 1.74. The van der Waals surface area contributed by atoms with E-state index in [9.17, 15) is 9.18 Å². The van der Waals surface area contributed by atoms with Crippen LogP contribution in [0.5, 0.6) is 0 Å². The summed E-state index contributed by atoms with van der Waals surface area (Å²) in [6.45, 7) is 4.78. The fraction of sp³-hybridized carbons (Fsp3) is 0.412. The number of ether oxygens (including phenoxy) is 1. The van der Waals surface area contributed by atoms with Gasteiger partial charge in [-0.1, -0.05) is 6.92 Å². The quantitative estimate of drug-likeness (QED) is 0.788. The third-order valence-corrected chi connectivity index (χ3v) is 3.44. The lowest BCUT2D eigenvalue weighted by Crippen LogP contribution is -2.36. The van der Waals surface area contributed by atoms with Crippen LogP contribution in [0.2, 0.25) is 0 Å². The van der Waals surface area contributed by atoms with Gasteiger partial charge in [0.25, 0.3) is 5.91 Å². The van der Waals surface area contributed by atoms with E-state index in [1.807, 2.05) is 13.1 Å². The summed E-state index contributed by atoms with van der Waals surface area (Å²) in [5.41, 5.74) is 1.67. The molecule has 1 heterocycles. The number of aromatic nitrogens is 2. The molecule has 0 aliphatic carbocycles. The zero-order valence-corrected chi connectivity index (χ0v) is 13.7. The van der Waals surface area contributed by atoms with Crippen LogP contribution in [0, 0.1) is 5.82 Å². The van der Waals surface area contributed by atoms with Gasteiger partial charge in [-0.05, 0) is 37.6 Å². The van der Waals surface area contributed by atoms with Gasteiger partial charge in [-0.3, -0.25) is 4.79 Å². The number of halogens is 1. The van der Waals surface area contributed by atoms with E-state index in [0.717, 1.165) is 17.7 Å². The Balaban J connectivity index is 1.98. The van der Waals surface area contributed by atoms with Gasteiger partial charge < -0.3 is 9.64 Å². The number of amides is 1. The predicted octanol–water partition coefficient (Wildman–Crippen LogP) is 2.78. The number of rotatable bonds is 7. The molecule has 2 aromatic rings. The Labute approximate surface area is 135 Å². The molecule has 0 fully saturated rings. The predicted molar refractivity (Wildman–Crippen MR) is 85.7 cm³/mol. The van der Waals surface area contributed by atoms with Gasteiger partial charge in [0.1, 0.15) is 11.9 Å². The second-order valence-electron chi connectivity index (χ2n) is 5.48. The van der Waals surface area contributed by atoms with Crippen LogP contribution in [-0.4, -0.2) is 40.3 Å². The van der Waals surface area contributed by atoms with E-state index < -0.39 is 6.10 Å². The van der Waals surface area contributed by atoms with E-state index in [0.29, 0.717) is 13.2 Å². The Morgan fingerprint density at radius 2 is 2.09 bits per heavy atom. The van der Waals surface area contributed by atoms with Gasteiger partial charge in [0.15, 0.2) is 0 Å². The highest BCUT2D eigenvalue weighted by molar-refractivity contribution is 5.80. The Bertz CT molecular complexity index is 640. The Morgan fingerprint density at radius 1 is 1.39 bits per heavy atom. The molecule has 1 aromatic carbocycles. The first-order chi connectivity index (χ1) is 11.0. The monoisotopic (exact) mass is 319 g/mol. The maximum Gasteiger partial charge on any atom is 0.251 e. The highest BCUT2D eigenvalue weighted by Gasteiger charge is 2.18. The molecular weight excluding hydrogens is 297 g/mol.